The van der Waals surface area contributed by atoms with E-state index in [0.29, 0.717) is 0 Å². The van der Waals surface area contributed by atoms with Gasteiger partial charge in [0.15, 0.2) is 0 Å². The predicted molar refractivity (Wildman–Crippen MR) is 51.9 cm³/mol. The van der Waals surface area contributed by atoms with Gasteiger partial charge in [-0.05, 0) is 27.7 Å². The minimum Gasteiger partial charge on any atom is -0.447 e. The lowest BCUT2D eigenvalue weighted by atomic mass is 9.86. The minimum atomic E-state index is -1.05. The van der Waals surface area contributed by atoms with Crippen molar-refractivity contribution in [2.75, 3.05) is 13.2 Å². The molecule has 0 aromatic heterocycles. The summed E-state index contributed by atoms with van der Waals surface area (Å²) in [4.78, 5) is 11.1. The molecule has 0 aromatic carbocycles. The summed E-state index contributed by atoms with van der Waals surface area (Å²) in [7, 11) is 0. The number of carbonyl (C=O) groups is 1. The molecule has 0 spiro atoms. The first-order chi connectivity index (χ1) is 6.20. The Morgan fingerprint density at radius 1 is 1.36 bits per heavy atom. The molecule has 0 bridgehead atoms. The number of alkyl carbamates (subject to hydrolysis) is 1. The van der Waals surface area contributed by atoms with Crippen LogP contribution < -0.4 is 5.32 Å². The topological polar surface area (TPSA) is 78.8 Å². The molecule has 0 heterocycles. The number of aliphatic hydroxyl groups is 2. The molecule has 0 aromatic rings. The van der Waals surface area contributed by atoms with Gasteiger partial charge in [0.2, 0.25) is 0 Å². The second kappa shape index (κ2) is 4.61. The Balaban J connectivity index is 4.16. The van der Waals surface area contributed by atoms with Gasteiger partial charge in [0.1, 0.15) is 6.61 Å². The van der Waals surface area contributed by atoms with Gasteiger partial charge in [0.25, 0.3) is 0 Å². The zero-order valence-corrected chi connectivity index (χ0v) is 9.13. The summed E-state index contributed by atoms with van der Waals surface area (Å²) in [6.45, 7) is 6.31. The van der Waals surface area contributed by atoms with Gasteiger partial charge < -0.3 is 20.3 Å². The molecule has 0 rings (SSSR count). The lowest BCUT2D eigenvalue weighted by molar-refractivity contribution is -0.00589. The SMILES string of the molecule is CC(C)(O)C(C)(C)NC(=O)OCCO. The Morgan fingerprint density at radius 3 is 2.21 bits per heavy atom. The van der Waals surface area contributed by atoms with Crippen molar-refractivity contribution in [1.29, 1.82) is 0 Å². The summed E-state index contributed by atoms with van der Waals surface area (Å²) in [5.41, 5.74) is -1.84. The first kappa shape index (κ1) is 13.2. The molecule has 0 unspecified atom stereocenters. The number of amides is 1. The Bertz CT molecular complexity index is 195. The molecule has 0 saturated carbocycles. The van der Waals surface area contributed by atoms with Gasteiger partial charge in [-0.15, -0.1) is 0 Å². The fourth-order valence-corrected chi connectivity index (χ4v) is 0.583. The van der Waals surface area contributed by atoms with Crippen LogP contribution in [0.25, 0.3) is 0 Å². The van der Waals surface area contributed by atoms with Crippen molar-refractivity contribution in [3.05, 3.63) is 0 Å². The highest BCUT2D eigenvalue weighted by molar-refractivity contribution is 5.68. The summed E-state index contributed by atoms with van der Waals surface area (Å²) < 4.78 is 4.61. The molecule has 0 saturated heterocycles. The highest BCUT2D eigenvalue weighted by Gasteiger charge is 2.36. The number of hydrogen-bond donors (Lipinski definition) is 3. The number of hydrogen-bond acceptors (Lipinski definition) is 4. The van der Waals surface area contributed by atoms with Crippen molar-refractivity contribution in [1.82, 2.24) is 5.32 Å². The van der Waals surface area contributed by atoms with E-state index in [1.165, 1.54) is 0 Å². The monoisotopic (exact) mass is 205 g/mol. The Kier molecular flexibility index (Phi) is 4.35. The van der Waals surface area contributed by atoms with Gasteiger partial charge >= 0.3 is 6.09 Å². The van der Waals surface area contributed by atoms with E-state index < -0.39 is 17.2 Å². The zero-order chi connectivity index (χ0) is 11.4. The molecule has 0 aliphatic rings. The molecule has 0 fully saturated rings. The zero-order valence-electron chi connectivity index (χ0n) is 9.13. The molecular formula is C9H19NO4. The average molecular weight is 205 g/mol. The van der Waals surface area contributed by atoms with Crippen molar-refractivity contribution < 1.29 is 19.7 Å². The van der Waals surface area contributed by atoms with Crippen LogP contribution in [0, 0.1) is 0 Å². The smallest absolute Gasteiger partial charge is 0.407 e. The third kappa shape index (κ3) is 3.93. The number of rotatable bonds is 4. The highest BCUT2D eigenvalue weighted by Crippen LogP contribution is 2.20. The minimum absolute atomic E-state index is 0.0478. The van der Waals surface area contributed by atoms with Crippen LogP contribution in [0.4, 0.5) is 4.79 Å². The van der Waals surface area contributed by atoms with E-state index >= 15 is 0 Å². The third-order valence-corrected chi connectivity index (χ3v) is 2.27. The maximum atomic E-state index is 11.1. The van der Waals surface area contributed by atoms with E-state index in [1.54, 1.807) is 27.7 Å². The van der Waals surface area contributed by atoms with Gasteiger partial charge in [0, 0.05) is 0 Å². The summed E-state index contributed by atoms with van der Waals surface area (Å²) >= 11 is 0. The lowest BCUT2D eigenvalue weighted by Gasteiger charge is -2.37. The highest BCUT2D eigenvalue weighted by atomic mass is 16.6. The largest absolute Gasteiger partial charge is 0.447 e. The van der Waals surface area contributed by atoms with Gasteiger partial charge in [0.05, 0.1) is 17.7 Å². The van der Waals surface area contributed by atoms with Crippen LogP contribution >= 0.6 is 0 Å². The van der Waals surface area contributed by atoms with E-state index in [4.69, 9.17) is 5.11 Å². The van der Waals surface area contributed by atoms with E-state index in [0.717, 1.165) is 0 Å². The molecule has 5 nitrogen and oxygen atoms in total. The van der Waals surface area contributed by atoms with Crippen LogP contribution in [0.5, 0.6) is 0 Å². The standard InChI is InChI=1S/C9H19NO4/c1-8(2,9(3,4)13)10-7(12)14-6-5-11/h11,13H,5-6H2,1-4H3,(H,10,12). The van der Waals surface area contributed by atoms with Gasteiger partial charge in [-0.2, -0.15) is 0 Å². The Morgan fingerprint density at radius 2 is 1.86 bits per heavy atom. The second-order valence-corrected chi connectivity index (χ2v) is 4.17. The fraction of sp³-hybridized carbons (Fsp3) is 0.889. The third-order valence-electron chi connectivity index (χ3n) is 2.27. The lowest BCUT2D eigenvalue weighted by Crippen LogP contribution is -2.57. The van der Waals surface area contributed by atoms with E-state index in [2.05, 4.69) is 10.1 Å². The van der Waals surface area contributed by atoms with Crippen LogP contribution in [0.2, 0.25) is 0 Å². The molecule has 14 heavy (non-hydrogen) atoms. The first-order valence-corrected chi connectivity index (χ1v) is 4.49. The van der Waals surface area contributed by atoms with Crippen LogP contribution in [-0.4, -0.2) is 40.7 Å². The first-order valence-electron chi connectivity index (χ1n) is 4.49. The number of nitrogens with one attached hydrogen (secondary N) is 1. The van der Waals surface area contributed by atoms with E-state index in [9.17, 15) is 9.90 Å². The Hall–Kier alpha value is -0.810. The molecule has 3 N–H and O–H groups in total. The normalized spacial score (nSPS) is 12.4. The van der Waals surface area contributed by atoms with Crippen LogP contribution in [-0.2, 0) is 4.74 Å². The van der Waals surface area contributed by atoms with Crippen LogP contribution in [0.1, 0.15) is 27.7 Å². The van der Waals surface area contributed by atoms with E-state index in [1.807, 2.05) is 0 Å². The average Bonchev–Trinajstić information content (AvgIpc) is 1.97. The van der Waals surface area contributed by atoms with Gasteiger partial charge in [-0.25, -0.2) is 4.79 Å². The Labute approximate surface area is 84.1 Å². The summed E-state index contributed by atoms with van der Waals surface area (Å²) in [6.07, 6.45) is -0.647. The molecule has 0 atom stereocenters. The van der Waals surface area contributed by atoms with Crippen LogP contribution in [0.15, 0.2) is 0 Å². The van der Waals surface area contributed by atoms with Crippen molar-refractivity contribution in [2.24, 2.45) is 0 Å². The molecule has 0 radical (unpaired) electrons. The summed E-state index contributed by atoms with van der Waals surface area (Å²) in [6, 6.07) is 0. The predicted octanol–water partition coefficient (Wildman–Crippen LogP) is 0.254. The van der Waals surface area contributed by atoms with E-state index in [-0.39, 0.29) is 13.2 Å². The maximum Gasteiger partial charge on any atom is 0.407 e. The summed E-state index contributed by atoms with van der Waals surface area (Å²) in [5, 5.41) is 20.6. The number of ether oxygens (including phenoxy) is 1. The fourth-order valence-electron chi connectivity index (χ4n) is 0.583. The number of aliphatic hydroxyl groups excluding tert-OH is 1. The molecule has 84 valence electrons. The molecule has 0 aliphatic carbocycles. The second-order valence-electron chi connectivity index (χ2n) is 4.17. The quantitative estimate of drug-likeness (QED) is 0.615. The van der Waals surface area contributed by atoms with Gasteiger partial charge in [-0.3, -0.25) is 0 Å². The number of carbonyl (C=O) groups excluding carboxylic acids is 1. The molecule has 0 aliphatic heterocycles. The van der Waals surface area contributed by atoms with Crippen molar-refractivity contribution in [2.45, 2.75) is 38.8 Å². The van der Waals surface area contributed by atoms with Crippen molar-refractivity contribution in [3.63, 3.8) is 0 Å². The molecule has 1 amide bonds. The maximum absolute atomic E-state index is 11.1. The van der Waals surface area contributed by atoms with Crippen molar-refractivity contribution in [3.8, 4) is 0 Å². The summed E-state index contributed by atoms with van der Waals surface area (Å²) in [5.74, 6) is 0. The van der Waals surface area contributed by atoms with Crippen LogP contribution in [0.3, 0.4) is 0 Å². The van der Waals surface area contributed by atoms with Crippen molar-refractivity contribution >= 4 is 6.09 Å². The molecular weight excluding hydrogens is 186 g/mol. The van der Waals surface area contributed by atoms with Gasteiger partial charge in [-0.1, -0.05) is 0 Å². The molecule has 5 heteroatoms.